The van der Waals surface area contributed by atoms with Gasteiger partial charge in [0.2, 0.25) is 11.8 Å². The summed E-state index contributed by atoms with van der Waals surface area (Å²) in [5.74, 6) is 1.74. The quantitative estimate of drug-likeness (QED) is 0.833. The Morgan fingerprint density at radius 2 is 2.17 bits per heavy atom. The van der Waals surface area contributed by atoms with Crippen LogP contribution in [-0.4, -0.2) is 52.0 Å². The third-order valence-corrected chi connectivity index (χ3v) is 5.20. The standard InChI is InChI=1S/C17H28N4O2/c1-3-4-10-21-13-17(8-6-16(21)22)7-5-9-20(12-17)11-15-18-14(2)23-19-15/h3-13H2,1-2H3/t17-/m0/s1. The Balaban J connectivity index is 1.63. The van der Waals surface area contributed by atoms with Gasteiger partial charge in [0.1, 0.15) is 0 Å². The van der Waals surface area contributed by atoms with Gasteiger partial charge in [-0.05, 0) is 32.2 Å². The summed E-state index contributed by atoms with van der Waals surface area (Å²) in [6, 6.07) is 0. The average molecular weight is 320 g/mol. The number of aryl methyl sites for hydroxylation is 1. The van der Waals surface area contributed by atoms with Crippen LogP contribution >= 0.6 is 0 Å². The molecule has 0 radical (unpaired) electrons. The zero-order valence-corrected chi connectivity index (χ0v) is 14.4. The Morgan fingerprint density at radius 1 is 1.30 bits per heavy atom. The average Bonchev–Trinajstić information content (AvgIpc) is 2.94. The number of likely N-dealkylation sites (tertiary alicyclic amines) is 2. The SMILES string of the molecule is CCCCN1C[C@@]2(CCCN(Cc3noc(C)n3)C2)CCC1=O. The van der Waals surface area contributed by atoms with E-state index in [0.717, 1.165) is 57.8 Å². The highest BCUT2D eigenvalue weighted by Crippen LogP contribution is 2.39. The van der Waals surface area contributed by atoms with Gasteiger partial charge in [0, 0.05) is 38.4 Å². The van der Waals surface area contributed by atoms with E-state index < -0.39 is 0 Å². The van der Waals surface area contributed by atoms with Crippen LogP contribution in [0.2, 0.25) is 0 Å². The minimum atomic E-state index is 0.263. The number of carbonyl (C=O) groups is 1. The zero-order chi connectivity index (χ0) is 16.3. The van der Waals surface area contributed by atoms with E-state index >= 15 is 0 Å². The van der Waals surface area contributed by atoms with Crippen molar-refractivity contribution in [1.82, 2.24) is 19.9 Å². The summed E-state index contributed by atoms with van der Waals surface area (Å²) >= 11 is 0. The van der Waals surface area contributed by atoms with Gasteiger partial charge in [-0.15, -0.1) is 0 Å². The first-order valence-corrected chi connectivity index (χ1v) is 8.89. The highest BCUT2D eigenvalue weighted by Gasteiger charge is 2.41. The van der Waals surface area contributed by atoms with E-state index in [1.54, 1.807) is 0 Å². The van der Waals surface area contributed by atoms with Crippen LogP contribution in [0.3, 0.4) is 0 Å². The summed E-state index contributed by atoms with van der Waals surface area (Å²) in [5.41, 5.74) is 0.263. The molecule has 1 aromatic rings. The van der Waals surface area contributed by atoms with Crippen molar-refractivity contribution in [3.8, 4) is 0 Å². The molecule has 1 spiro atoms. The fourth-order valence-corrected chi connectivity index (χ4v) is 4.04. The lowest BCUT2D eigenvalue weighted by Gasteiger charge is -2.48. The number of piperidine rings is 2. The summed E-state index contributed by atoms with van der Waals surface area (Å²) in [6.07, 6.45) is 6.39. The van der Waals surface area contributed by atoms with Crippen LogP contribution in [0.1, 0.15) is 57.2 Å². The molecule has 2 fully saturated rings. The number of hydrogen-bond donors (Lipinski definition) is 0. The second-order valence-corrected chi connectivity index (χ2v) is 7.21. The lowest BCUT2D eigenvalue weighted by Crippen LogP contribution is -2.54. The molecule has 6 nitrogen and oxygen atoms in total. The van der Waals surface area contributed by atoms with E-state index in [-0.39, 0.29) is 5.41 Å². The van der Waals surface area contributed by atoms with Crippen LogP contribution in [0.25, 0.3) is 0 Å². The highest BCUT2D eigenvalue weighted by atomic mass is 16.5. The molecule has 23 heavy (non-hydrogen) atoms. The number of amides is 1. The van der Waals surface area contributed by atoms with Crippen molar-refractivity contribution in [1.29, 1.82) is 0 Å². The van der Waals surface area contributed by atoms with E-state index in [1.165, 1.54) is 12.8 Å². The van der Waals surface area contributed by atoms with Gasteiger partial charge in [-0.3, -0.25) is 9.69 Å². The highest BCUT2D eigenvalue weighted by molar-refractivity contribution is 5.77. The van der Waals surface area contributed by atoms with Crippen molar-refractivity contribution < 1.29 is 9.32 Å². The van der Waals surface area contributed by atoms with Crippen molar-refractivity contribution in [2.45, 2.75) is 58.9 Å². The van der Waals surface area contributed by atoms with E-state index in [9.17, 15) is 4.79 Å². The van der Waals surface area contributed by atoms with Crippen LogP contribution in [0, 0.1) is 12.3 Å². The normalized spacial score (nSPS) is 26.2. The first-order chi connectivity index (χ1) is 11.1. The Morgan fingerprint density at radius 3 is 2.91 bits per heavy atom. The Kier molecular flexibility index (Phi) is 4.99. The molecule has 3 heterocycles. The van der Waals surface area contributed by atoms with Crippen LogP contribution in [0.5, 0.6) is 0 Å². The first-order valence-electron chi connectivity index (χ1n) is 8.89. The molecule has 1 atom stereocenters. The molecule has 0 aliphatic carbocycles. The molecule has 0 saturated carbocycles. The van der Waals surface area contributed by atoms with E-state index in [2.05, 4.69) is 26.9 Å². The maximum atomic E-state index is 12.2. The van der Waals surface area contributed by atoms with Gasteiger partial charge in [-0.25, -0.2) is 0 Å². The number of aromatic nitrogens is 2. The van der Waals surface area contributed by atoms with Crippen molar-refractivity contribution in [2.24, 2.45) is 5.41 Å². The molecule has 128 valence electrons. The molecular formula is C17H28N4O2. The van der Waals surface area contributed by atoms with Gasteiger partial charge in [0.25, 0.3) is 0 Å². The monoisotopic (exact) mass is 320 g/mol. The fraction of sp³-hybridized carbons (Fsp3) is 0.824. The summed E-state index contributed by atoms with van der Waals surface area (Å²) in [7, 11) is 0. The topological polar surface area (TPSA) is 62.5 Å². The molecule has 0 unspecified atom stereocenters. The van der Waals surface area contributed by atoms with Crippen molar-refractivity contribution in [2.75, 3.05) is 26.2 Å². The first kappa shape index (κ1) is 16.4. The molecule has 0 bridgehead atoms. The van der Waals surface area contributed by atoms with E-state index in [0.29, 0.717) is 18.2 Å². The molecule has 1 aromatic heterocycles. The minimum Gasteiger partial charge on any atom is -0.342 e. The van der Waals surface area contributed by atoms with Gasteiger partial charge in [-0.2, -0.15) is 4.98 Å². The summed E-state index contributed by atoms with van der Waals surface area (Å²) < 4.78 is 5.08. The fourth-order valence-electron chi connectivity index (χ4n) is 4.04. The van der Waals surface area contributed by atoms with Crippen LogP contribution in [-0.2, 0) is 11.3 Å². The minimum absolute atomic E-state index is 0.263. The van der Waals surface area contributed by atoms with Crippen LogP contribution < -0.4 is 0 Å². The summed E-state index contributed by atoms with van der Waals surface area (Å²) in [4.78, 5) is 21.0. The van der Waals surface area contributed by atoms with Crippen molar-refractivity contribution in [3.63, 3.8) is 0 Å². The molecule has 0 aromatic carbocycles. The second-order valence-electron chi connectivity index (χ2n) is 7.21. The maximum absolute atomic E-state index is 12.2. The largest absolute Gasteiger partial charge is 0.342 e. The number of hydrogen-bond acceptors (Lipinski definition) is 5. The molecule has 2 aliphatic rings. The molecule has 0 N–H and O–H groups in total. The van der Waals surface area contributed by atoms with Gasteiger partial charge in [0.05, 0.1) is 6.54 Å². The van der Waals surface area contributed by atoms with Crippen molar-refractivity contribution >= 4 is 5.91 Å². The Hall–Kier alpha value is -1.43. The van der Waals surface area contributed by atoms with E-state index in [1.807, 2.05) is 6.92 Å². The predicted molar refractivity (Wildman–Crippen MR) is 86.7 cm³/mol. The van der Waals surface area contributed by atoms with Crippen LogP contribution in [0.15, 0.2) is 4.52 Å². The third-order valence-electron chi connectivity index (χ3n) is 5.20. The lowest BCUT2D eigenvalue weighted by atomic mass is 9.73. The van der Waals surface area contributed by atoms with E-state index in [4.69, 9.17) is 4.52 Å². The number of nitrogens with zero attached hydrogens (tertiary/aromatic N) is 4. The van der Waals surface area contributed by atoms with Gasteiger partial charge >= 0.3 is 0 Å². The summed E-state index contributed by atoms with van der Waals surface area (Å²) in [6.45, 7) is 8.72. The maximum Gasteiger partial charge on any atom is 0.223 e. The molecular weight excluding hydrogens is 292 g/mol. The van der Waals surface area contributed by atoms with Gasteiger partial charge in [-0.1, -0.05) is 18.5 Å². The lowest BCUT2D eigenvalue weighted by molar-refractivity contribution is -0.139. The molecule has 1 amide bonds. The number of carbonyl (C=O) groups excluding carboxylic acids is 1. The Labute approximate surface area is 138 Å². The smallest absolute Gasteiger partial charge is 0.223 e. The van der Waals surface area contributed by atoms with Crippen molar-refractivity contribution in [3.05, 3.63) is 11.7 Å². The molecule has 6 heteroatoms. The summed E-state index contributed by atoms with van der Waals surface area (Å²) in [5, 5.41) is 4.02. The molecule has 2 aliphatic heterocycles. The van der Waals surface area contributed by atoms with Crippen LogP contribution in [0.4, 0.5) is 0 Å². The molecule has 3 rings (SSSR count). The zero-order valence-electron chi connectivity index (χ0n) is 14.4. The number of rotatable bonds is 5. The number of unbranched alkanes of at least 4 members (excludes halogenated alkanes) is 1. The van der Waals surface area contributed by atoms with Gasteiger partial charge < -0.3 is 9.42 Å². The Bertz CT molecular complexity index is 544. The molecule has 2 saturated heterocycles. The van der Waals surface area contributed by atoms with Gasteiger partial charge in [0.15, 0.2) is 5.82 Å². The predicted octanol–water partition coefficient (Wildman–Crippen LogP) is 2.38. The second kappa shape index (κ2) is 6.99. The third kappa shape index (κ3) is 3.91.